The van der Waals surface area contributed by atoms with E-state index in [1.54, 1.807) is 0 Å². The van der Waals surface area contributed by atoms with Crippen LogP contribution in [-0.2, 0) is 6.18 Å². The quantitative estimate of drug-likeness (QED) is 0.712. The van der Waals surface area contributed by atoms with Crippen molar-refractivity contribution < 1.29 is 13.2 Å². The second kappa shape index (κ2) is 6.52. The van der Waals surface area contributed by atoms with Crippen LogP contribution in [0.4, 0.5) is 24.5 Å². The van der Waals surface area contributed by atoms with Crippen LogP contribution in [0.15, 0.2) is 12.1 Å². The van der Waals surface area contributed by atoms with Crippen molar-refractivity contribution in [2.75, 3.05) is 11.9 Å². The molecule has 114 valence electrons. The van der Waals surface area contributed by atoms with Gasteiger partial charge in [0.1, 0.15) is 0 Å². The summed E-state index contributed by atoms with van der Waals surface area (Å²) in [5.74, 6) is 0.464. The third-order valence-corrected chi connectivity index (χ3v) is 4.12. The molecule has 0 aliphatic heterocycles. The average molecular weight is 319 g/mol. The number of halogens is 4. The smallest absolute Gasteiger partial charge is 0.384 e. The van der Waals surface area contributed by atoms with Gasteiger partial charge in [0.15, 0.2) is 10.5 Å². The lowest BCUT2D eigenvalue weighted by Gasteiger charge is -2.22. The Hall–Kier alpha value is -1.48. The normalized spacial score (nSPS) is 16.5. The number of hydrogen-bond donors (Lipinski definition) is 1. The number of anilines is 1. The first-order valence-corrected chi connectivity index (χ1v) is 7.29. The van der Waals surface area contributed by atoms with Crippen molar-refractivity contribution in [1.82, 2.24) is 0 Å². The van der Waals surface area contributed by atoms with Gasteiger partial charge in [0, 0.05) is 6.54 Å². The fourth-order valence-corrected chi connectivity index (χ4v) is 2.88. The summed E-state index contributed by atoms with van der Waals surface area (Å²) in [7, 11) is 0. The summed E-state index contributed by atoms with van der Waals surface area (Å²) in [6.07, 6.45) is 1.13. The molecule has 0 saturated heterocycles. The number of diazo groups is 1. The molecule has 0 heterocycles. The zero-order chi connectivity index (χ0) is 15.5. The first-order chi connectivity index (χ1) is 9.91. The number of hydrogen-bond acceptors (Lipinski definition) is 2. The van der Waals surface area contributed by atoms with Gasteiger partial charge in [-0.05, 0) is 24.8 Å². The van der Waals surface area contributed by atoms with Crippen molar-refractivity contribution in [3.8, 4) is 0 Å². The van der Waals surface area contributed by atoms with Crippen LogP contribution in [0.1, 0.15) is 37.7 Å². The van der Waals surface area contributed by atoms with Crippen molar-refractivity contribution in [2.45, 2.75) is 38.3 Å². The second-order valence-electron chi connectivity index (χ2n) is 5.33. The van der Waals surface area contributed by atoms with E-state index in [1.165, 1.54) is 6.42 Å². The molecular weight excluding hydrogens is 303 g/mol. The van der Waals surface area contributed by atoms with Gasteiger partial charge >= 0.3 is 11.9 Å². The Morgan fingerprint density at radius 1 is 1.24 bits per heavy atom. The van der Waals surface area contributed by atoms with Crippen molar-refractivity contribution in [3.63, 3.8) is 0 Å². The molecule has 0 unspecified atom stereocenters. The number of rotatable bonds is 3. The van der Waals surface area contributed by atoms with Gasteiger partial charge in [-0.1, -0.05) is 30.9 Å². The summed E-state index contributed by atoms with van der Waals surface area (Å²) in [6, 6.07) is 1.92. The Bertz CT molecular complexity index is 546. The predicted octanol–water partition coefficient (Wildman–Crippen LogP) is 5.84. The molecule has 0 bridgehead atoms. The fraction of sp³-hybridized carbons (Fsp3) is 0.571. The zero-order valence-electron chi connectivity index (χ0n) is 11.4. The Labute approximate surface area is 126 Å². The number of nitrogens with one attached hydrogen (secondary N) is 1. The molecule has 7 heteroatoms. The molecule has 0 atom stereocenters. The van der Waals surface area contributed by atoms with Gasteiger partial charge in [0.25, 0.3) is 0 Å². The summed E-state index contributed by atoms with van der Waals surface area (Å²) < 4.78 is 38.7. The van der Waals surface area contributed by atoms with Crippen molar-refractivity contribution >= 4 is 23.0 Å². The topological polar surface area (TPSA) is 40.2 Å². The van der Waals surface area contributed by atoms with Crippen LogP contribution in [0, 0.1) is 11.3 Å². The second-order valence-corrected chi connectivity index (χ2v) is 5.74. The minimum absolute atomic E-state index is 0.117. The molecule has 21 heavy (non-hydrogen) atoms. The predicted molar refractivity (Wildman–Crippen MR) is 76.3 cm³/mol. The van der Waals surface area contributed by atoms with Crippen LogP contribution in [0.2, 0.25) is 5.02 Å². The van der Waals surface area contributed by atoms with Gasteiger partial charge in [0.2, 0.25) is 5.39 Å². The van der Waals surface area contributed by atoms with Crippen LogP contribution < -0.4 is 5.32 Å². The Morgan fingerprint density at radius 2 is 1.90 bits per heavy atom. The van der Waals surface area contributed by atoms with E-state index in [1.807, 2.05) is 0 Å². The van der Waals surface area contributed by atoms with Crippen LogP contribution in [0.5, 0.6) is 0 Å². The lowest BCUT2D eigenvalue weighted by molar-refractivity contribution is -0.136. The monoisotopic (exact) mass is 318 g/mol. The molecule has 1 aromatic rings. The SMILES string of the molecule is N#[N+]c1cc(Cl)c(NCC2CCCCC2)cc1C(F)(F)F. The summed E-state index contributed by atoms with van der Waals surface area (Å²) in [4.78, 5) is 2.66. The van der Waals surface area contributed by atoms with E-state index in [9.17, 15) is 13.2 Å². The highest BCUT2D eigenvalue weighted by Crippen LogP contribution is 2.41. The maximum atomic E-state index is 12.9. The van der Waals surface area contributed by atoms with E-state index in [0.717, 1.165) is 37.8 Å². The van der Waals surface area contributed by atoms with Crippen molar-refractivity contribution in [2.24, 2.45) is 5.92 Å². The van der Waals surface area contributed by atoms with Crippen molar-refractivity contribution in [1.29, 1.82) is 5.39 Å². The third-order valence-electron chi connectivity index (χ3n) is 3.80. The molecular formula is C14H16ClF3N3+. The van der Waals surface area contributed by atoms with Crippen LogP contribution in [0.25, 0.3) is 4.98 Å². The number of benzene rings is 1. The summed E-state index contributed by atoms with van der Waals surface area (Å²) in [6.45, 7) is 0.604. The van der Waals surface area contributed by atoms with Crippen LogP contribution in [-0.4, -0.2) is 6.54 Å². The highest BCUT2D eigenvalue weighted by molar-refractivity contribution is 6.33. The standard InChI is InChI=1S/C14H16ClF3N3/c15-11-7-12(21-19)10(14(16,17)18)6-13(11)20-8-9-4-2-1-3-5-9/h6-7,9,20H,1-5,8H2/q+1. The molecule has 0 amide bonds. The Morgan fingerprint density at radius 3 is 2.48 bits per heavy atom. The Kier molecular flexibility index (Phi) is 4.94. The molecule has 0 spiro atoms. The van der Waals surface area contributed by atoms with E-state index >= 15 is 0 Å². The Balaban J connectivity index is 2.17. The van der Waals surface area contributed by atoms with E-state index in [-0.39, 0.29) is 10.7 Å². The highest BCUT2D eigenvalue weighted by atomic mass is 35.5. The molecule has 1 aromatic carbocycles. The first-order valence-electron chi connectivity index (χ1n) is 6.91. The molecule has 1 fully saturated rings. The minimum Gasteiger partial charge on any atom is -0.384 e. The van der Waals surface area contributed by atoms with Gasteiger partial charge in [-0.3, -0.25) is 0 Å². The molecule has 3 nitrogen and oxygen atoms in total. The maximum absolute atomic E-state index is 12.9. The van der Waals surface area contributed by atoms with E-state index in [4.69, 9.17) is 17.0 Å². The van der Waals surface area contributed by atoms with Gasteiger partial charge in [-0.25, -0.2) is 0 Å². The molecule has 2 rings (SSSR count). The lowest BCUT2D eigenvalue weighted by Crippen LogP contribution is -2.17. The molecule has 1 saturated carbocycles. The summed E-state index contributed by atoms with van der Waals surface area (Å²) in [5, 5.41) is 11.8. The van der Waals surface area contributed by atoms with E-state index in [2.05, 4.69) is 10.3 Å². The highest BCUT2D eigenvalue weighted by Gasteiger charge is 2.40. The van der Waals surface area contributed by atoms with E-state index in [0.29, 0.717) is 12.5 Å². The van der Waals surface area contributed by atoms with Gasteiger partial charge in [0.05, 0.1) is 16.8 Å². The maximum Gasteiger partial charge on any atom is 0.424 e. The van der Waals surface area contributed by atoms with Gasteiger partial charge in [-0.2, -0.15) is 13.2 Å². The average Bonchev–Trinajstić information content (AvgIpc) is 2.45. The molecule has 1 N–H and O–H groups in total. The third kappa shape index (κ3) is 4.01. The lowest BCUT2D eigenvalue weighted by atomic mass is 9.89. The summed E-state index contributed by atoms with van der Waals surface area (Å²) >= 11 is 5.95. The zero-order valence-corrected chi connectivity index (χ0v) is 12.1. The van der Waals surface area contributed by atoms with E-state index < -0.39 is 17.4 Å². The first kappa shape index (κ1) is 15.9. The minimum atomic E-state index is -4.59. The molecule has 1 aliphatic carbocycles. The number of nitrogens with zero attached hydrogens (tertiary/aromatic N) is 2. The van der Waals surface area contributed by atoms with Crippen LogP contribution in [0.3, 0.4) is 0 Å². The van der Waals surface area contributed by atoms with Gasteiger partial charge < -0.3 is 5.32 Å². The number of alkyl halides is 3. The summed E-state index contributed by atoms with van der Waals surface area (Å²) in [5.41, 5.74) is -1.35. The molecule has 0 radical (unpaired) electrons. The molecule has 0 aromatic heterocycles. The largest absolute Gasteiger partial charge is 0.424 e. The molecule has 1 aliphatic rings. The fourth-order valence-electron chi connectivity index (χ4n) is 2.65. The van der Waals surface area contributed by atoms with Crippen molar-refractivity contribution in [3.05, 3.63) is 27.7 Å². The van der Waals surface area contributed by atoms with Gasteiger partial charge in [-0.15, -0.1) is 0 Å². The van der Waals surface area contributed by atoms with Crippen LogP contribution >= 0.6 is 11.6 Å².